The van der Waals surface area contributed by atoms with Crippen LogP contribution < -0.4 is 10.1 Å². The van der Waals surface area contributed by atoms with E-state index in [0.29, 0.717) is 19.7 Å². The van der Waals surface area contributed by atoms with Crippen LogP contribution in [0.4, 0.5) is 0 Å². The molecule has 0 spiro atoms. The third-order valence-corrected chi connectivity index (χ3v) is 6.51. The van der Waals surface area contributed by atoms with Crippen LogP contribution >= 0.6 is 0 Å². The summed E-state index contributed by atoms with van der Waals surface area (Å²) in [7, 11) is -3.14. The van der Waals surface area contributed by atoms with Crippen LogP contribution in [0.5, 0.6) is 5.75 Å². The second-order valence-corrected chi connectivity index (χ2v) is 9.03. The zero-order chi connectivity index (χ0) is 18.1. The van der Waals surface area contributed by atoms with Crippen molar-refractivity contribution in [2.45, 2.75) is 25.4 Å². The molecule has 138 valence electrons. The number of rotatable bonds is 4. The summed E-state index contributed by atoms with van der Waals surface area (Å²) in [6, 6.07) is 14.7. The molecule has 2 aromatic carbocycles. The van der Waals surface area contributed by atoms with Gasteiger partial charge in [0.25, 0.3) is 0 Å². The van der Waals surface area contributed by atoms with Crippen LogP contribution in [0.15, 0.2) is 42.5 Å². The minimum Gasteiger partial charge on any atom is -0.492 e. The van der Waals surface area contributed by atoms with Crippen LogP contribution in [0.25, 0.3) is 0 Å². The Bertz CT molecular complexity index is 911. The molecule has 5 nitrogen and oxygen atoms in total. The van der Waals surface area contributed by atoms with Gasteiger partial charge in [-0.25, -0.2) is 8.42 Å². The molecule has 2 aliphatic rings. The average Bonchev–Trinajstić information content (AvgIpc) is 2.65. The Kier molecular flexibility index (Phi) is 4.73. The normalized spacial score (nSPS) is 20.3. The van der Waals surface area contributed by atoms with Crippen molar-refractivity contribution in [2.75, 3.05) is 26.0 Å². The van der Waals surface area contributed by atoms with Gasteiger partial charge >= 0.3 is 0 Å². The lowest BCUT2D eigenvalue weighted by atomic mass is 9.95. The Balaban J connectivity index is 1.45. The number of ether oxygens (including phenoxy) is 1. The number of nitrogens with one attached hydrogen (secondary N) is 1. The zero-order valence-corrected chi connectivity index (χ0v) is 15.8. The smallest absolute Gasteiger partial charge is 0.211 e. The standard InChI is InChI=1S/C20H24N2O3S/c1-26(23,24)22-11-9-16-12-18(7-6-17(16)13-22)25-14-20-19-5-3-2-4-15(19)8-10-21-20/h2-7,12,20-21H,8-11,13-14H2,1H3. The first-order valence-electron chi connectivity index (χ1n) is 9.01. The molecular weight excluding hydrogens is 348 g/mol. The maximum absolute atomic E-state index is 11.7. The highest BCUT2D eigenvalue weighted by molar-refractivity contribution is 7.88. The van der Waals surface area contributed by atoms with Gasteiger partial charge in [-0.3, -0.25) is 0 Å². The summed E-state index contributed by atoms with van der Waals surface area (Å²) >= 11 is 0. The van der Waals surface area contributed by atoms with E-state index in [1.807, 2.05) is 12.1 Å². The van der Waals surface area contributed by atoms with Crippen LogP contribution in [-0.2, 0) is 29.4 Å². The third kappa shape index (κ3) is 3.63. The highest BCUT2D eigenvalue weighted by Gasteiger charge is 2.24. The predicted octanol–water partition coefficient (Wildman–Crippen LogP) is 2.27. The highest BCUT2D eigenvalue weighted by atomic mass is 32.2. The first-order valence-corrected chi connectivity index (χ1v) is 10.9. The maximum Gasteiger partial charge on any atom is 0.211 e. The summed E-state index contributed by atoms with van der Waals surface area (Å²) < 4.78 is 31.1. The van der Waals surface area contributed by atoms with Crippen LogP contribution in [0, 0.1) is 0 Å². The summed E-state index contributed by atoms with van der Waals surface area (Å²) in [6.45, 7) is 2.54. The van der Waals surface area contributed by atoms with Gasteiger partial charge < -0.3 is 10.1 Å². The average molecular weight is 372 g/mol. The lowest BCUT2D eigenvalue weighted by Gasteiger charge is -2.28. The van der Waals surface area contributed by atoms with Gasteiger partial charge in [0.15, 0.2) is 0 Å². The summed E-state index contributed by atoms with van der Waals surface area (Å²) in [5.41, 5.74) is 4.96. The number of hydrogen-bond acceptors (Lipinski definition) is 4. The van der Waals surface area contributed by atoms with E-state index in [4.69, 9.17) is 4.74 Å². The van der Waals surface area contributed by atoms with E-state index in [1.165, 1.54) is 27.3 Å². The van der Waals surface area contributed by atoms with Crippen LogP contribution in [0.3, 0.4) is 0 Å². The van der Waals surface area contributed by atoms with Crippen molar-refractivity contribution >= 4 is 10.0 Å². The van der Waals surface area contributed by atoms with Gasteiger partial charge in [0.1, 0.15) is 12.4 Å². The number of fused-ring (bicyclic) bond motifs is 2. The Morgan fingerprint density at radius 1 is 1.12 bits per heavy atom. The molecular formula is C20H24N2O3S. The second-order valence-electron chi connectivity index (χ2n) is 7.04. The van der Waals surface area contributed by atoms with Crippen LogP contribution in [0.1, 0.15) is 28.3 Å². The molecule has 1 unspecified atom stereocenters. The van der Waals surface area contributed by atoms with E-state index in [0.717, 1.165) is 30.7 Å². The van der Waals surface area contributed by atoms with Gasteiger partial charge in [0.2, 0.25) is 10.0 Å². The van der Waals surface area contributed by atoms with Gasteiger partial charge in [-0.15, -0.1) is 0 Å². The fraction of sp³-hybridized carbons (Fsp3) is 0.400. The quantitative estimate of drug-likeness (QED) is 0.895. The number of sulfonamides is 1. The predicted molar refractivity (Wildman–Crippen MR) is 102 cm³/mol. The fourth-order valence-electron chi connectivity index (χ4n) is 3.80. The molecule has 0 radical (unpaired) electrons. The Morgan fingerprint density at radius 2 is 1.96 bits per heavy atom. The molecule has 4 rings (SSSR count). The Labute approximate surface area is 155 Å². The molecule has 1 N–H and O–H groups in total. The first-order chi connectivity index (χ1) is 12.5. The van der Waals surface area contributed by atoms with Crippen molar-refractivity contribution in [1.82, 2.24) is 9.62 Å². The van der Waals surface area contributed by atoms with Crippen molar-refractivity contribution in [3.05, 3.63) is 64.7 Å². The van der Waals surface area contributed by atoms with Crippen LogP contribution in [-0.4, -0.2) is 38.7 Å². The van der Waals surface area contributed by atoms with E-state index in [9.17, 15) is 8.42 Å². The van der Waals surface area contributed by atoms with Crippen molar-refractivity contribution in [1.29, 1.82) is 0 Å². The fourth-order valence-corrected chi connectivity index (χ4v) is 4.59. The molecule has 26 heavy (non-hydrogen) atoms. The van der Waals surface area contributed by atoms with E-state index in [-0.39, 0.29) is 6.04 Å². The molecule has 0 saturated carbocycles. The molecule has 0 bridgehead atoms. The number of benzene rings is 2. The van der Waals surface area contributed by atoms with Crippen molar-refractivity contribution < 1.29 is 13.2 Å². The highest BCUT2D eigenvalue weighted by Crippen LogP contribution is 2.27. The van der Waals surface area contributed by atoms with Gasteiger partial charge in [-0.05, 0) is 53.8 Å². The van der Waals surface area contributed by atoms with E-state index < -0.39 is 10.0 Å². The Morgan fingerprint density at radius 3 is 2.81 bits per heavy atom. The molecule has 1 atom stereocenters. The SMILES string of the molecule is CS(=O)(=O)N1CCc2cc(OCC3NCCc4ccccc43)ccc2C1. The topological polar surface area (TPSA) is 58.6 Å². The number of nitrogens with zero attached hydrogens (tertiary/aromatic N) is 1. The molecule has 2 aliphatic heterocycles. The molecule has 0 saturated heterocycles. The van der Waals surface area contributed by atoms with Crippen molar-refractivity contribution in [3.63, 3.8) is 0 Å². The zero-order valence-electron chi connectivity index (χ0n) is 14.9. The van der Waals surface area contributed by atoms with E-state index >= 15 is 0 Å². The summed E-state index contributed by atoms with van der Waals surface area (Å²) in [5.74, 6) is 0.849. The summed E-state index contributed by atoms with van der Waals surface area (Å²) in [4.78, 5) is 0. The molecule has 0 aliphatic carbocycles. The summed E-state index contributed by atoms with van der Waals surface area (Å²) in [6.07, 6.45) is 3.05. The molecule has 6 heteroatoms. The lowest BCUT2D eigenvalue weighted by molar-refractivity contribution is 0.261. The molecule has 2 aromatic rings. The second kappa shape index (κ2) is 7.02. The minimum absolute atomic E-state index is 0.205. The van der Waals surface area contributed by atoms with E-state index in [2.05, 4.69) is 35.6 Å². The molecule has 0 fully saturated rings. The first kappa shape index (κ1) is 17.5. The third-order valence-electron chi connectivity index (χ3n) is 5.26. The van der Waals surface area contributed by atoms with Gasteiger partial charge in [0.05, 0.1) is 12.3 Å². The molecule has 0 amide bonds. The number of hydrogen-bond donors (Lipinski definition) is 1. The van der Waals surface area contributed by atoms with Gasteiger partial charge in [-0.2, -0.15) is 4.31 Å². The molecule has 2 heterocycles. The van der Waals surface area contributed by atoms with Gasteiger partial charge in [0, 0.05) is 13.1 Å². The Hall–Kier alpha value is -1.89. The largest absolute Gasteiger partial charge is 0.492 e. The minimum atomic E-state index is -3.14. The van der Waals surface area contributed by atoms with E-state index in [1.54, 1.807) is 0 Å². The summed E-state index contributed by atoms with van der Waals surface area (Å²) in [5, 5.41) is 3.53. The lowest BCUT2D eigenvalue weighted by Crippen LogP contribution is -2.35. The van der Waals surface area contributed by atoms with Crippen LogP contribution in [0.2, 0.25) is 0 Å². The van der Waals surface area contributed by atoms with Gasteiger partial charge in [-0.1, -0.05) is 30.3 Å². The molecule has 0 aromatic heterocycles. The monoisotopic (exact) mass is 372 g/mol. The van der Waals surface area contributed by atoms with Crippen molar-refractivity contribution in [3.8, 4) is 5.75 Å². The maximum atomic E-state index is 11.7. The van der Waals surface area contributed by atoms with Crippen molar-refractivity contribution in [2.24, 2.45) is 0 Å².